The zero-order valence-corrected chi connectivity index (χ0v) is 15.9. The number of halogens is 3. The second-order valence-electron chi connectivity index (χ2n) is 6.88. The van der Waals surface area contributed by atoms with Crippen LogP contribution in [0.1, 0.15) is 19.8 Å². The minimum Gasteiger partial charge on any atom is -0.465 e. The lowest BCUT2D eigenvalue weighted by Crippen LogP contribution is -2.41. The van der Waals surface area contributed by atoms with E-state index in [-0.39, 0.29) is 11.5 Å². The smallest absolute Gasteiger partial charge is 0.407 e. The van der Waals surface area contributed by atoms with Crippen LogP contribution in [-0.2, 0) is 0 Å². The highest BCUT2D eigenvalue weighted by Gasteiger charge is 2.24. The number of aromatic nitrogens is 2. The highest BCUT2D eigenvalue weighted by molar-refractivity contribution is 5.65. The van der Waals surface area contributed by atoms with Gasteiger partial charge in [-0.25, -0.2) is 27.9 Å². The number of rotatable bonds is 6. The third-order valence-corrected chi connectivity index (χ3v) is 4.99. The summed E-state index contributed by atoms with van der Waals surface area (Å²) in [6, 6.07) is 2.82. The standard InChI is InChI=1S/C19H22F3N5O2/c1-2-26(10-12-3-5-27(6-4-12)19(28)29)18-9-17(23-11-24-18)25-16-8-14(21)13(20)7-15(16)22/h7-9,11-12H,2-6,10H2,1H3,(H,28,29)(H,23,24,25). The Labute approximate surface area is 166 Å². The fourth-order valence-electron chi connectivity index (χ4n) is 3.35. The van der Waals surface area contributed by atoms with Gasteiger partial charge in [-0.05, 0) is 25.7 Å². The Bertz CT molecular complexity index is 875. The number of nitrogens with one attached hydrogen (secondary N) is 1. The van der Waals surface area contributed by atoms with E-state index in [1.54, 1.807) is 6.07 Å². The third-order valence-electron chi connectivity index (χ3n) is 4.99. The molecule has 156 valence electrons. The van der Waals surface area contributed by atoms with Crippen LogP contribution in [0.3, 0.4) is 0 Å². The van der Waals surface area contributed by atoms with Gasteiger partial charge in [0.05, 0.1) is 5.69 Å². The van der Waals surface area contributed by atoms with Gasteiger partial charge in [-0.1, -0.05) is 0 Å². The first-order chi connectivity index (χ1) is 13.9. The minimum atomic E-state index is -1.26. The molecule has 1 amide bonds. The maximum atomic E-state index is 13.9. The molecule has 7 nitrogen and oxygen atoms in total. The van der Waals surface area contributed by atoms with Gasteiger partial charge >= 0.3 is 6.09 Å². The number of hydrogen-bond donors (Lipinski definition) is 2. The Morgan fingerprint density at radius 1 is 1.17 bits per heavy atom. The Morgan fingerprint density at radius 3 is 2.52 bits per heavy atom. The molecule has 0 aliphatic carbocycles. The fraction of sp³-hybridized carbons (Fsp3) is 0.421. The molecule has 1 aromatic heterocycles. The van der Waals surface area contributed by atoms with E-state index in [2.05, 4.69) is 15.3 Å². The molecule has 1 saturated heterocycles. The van der Waals surface area contributed by atoms with Crippen LogP contribution in [0, 0.1) is 23.4 Å². The quantitative estimate of drug-likeness (QED) is 0.706. The Hall–Kier alpha value is -3.04. The van der Waals surface area contributed by atoms with Crippen molar-refractivity contribution in [2.75, 3.05) is 36.4 Å². The SMILES string of the molecule is CCN(CC1CCN(C(=O)O)CC1)c1cc(Nc2cc(F)c(F)cc2F)ncn1. The van der Waals surface area contributed by atoms with Gasteiger partial charge in [0.15, 0.2) is 11.6 Å². The fourth-order valence-corrected chi connectivity index (χ4v) is 3.35. The van der Waals surface area contributed by atoms with Crippen LogP contribution >= 0.6 is 0 Å². The normalized spacial score (nSPS) is 14.7. The highest BCUT2D eigenvalue weighted by atomic mass is 19.2. The van der Waals surface area contributed by atoms with E-state index in [1.165, 1.54) is 11.2 Å². The average molecular weight is 409 g/mol. The molecule has 2 aromatic rings. The van der Waals surface area contributed by atoms with E-state index in [4.69, 9.17) is 5.11 Å². The number of nitrogens with zero attached hydrogens (tertiary/aromatic N) is 4. The van der Waals surface area contributed by atoms with Crippen LogP contribution in [0.2, 0.25) is 0 Å². The van der Waals surface area contributed by atoms with Crippen LogP contribution < -0.4 is 10.2 Å². The third kappa shape index (κ3) is 5.07. The minimum absolute atomic E-state index is 0.224. The van der Waals surface area contributed by atoms with Crippen LogP contribution in [0.15, 0.2) is 24.5 Å². The van der Waals surface area contributed by atoms with Gasteiger partial charge in [-0.3, -0.25) is 0 Å². The van der Waals surface area contributed by atoms with Crippen LogP contribution in [0.5, 0.6) is 0 Å². The molecule has 0 atom stereocenters. The number of carboxylic acid groups (broad SMARTS) is 1. The molecular formula is C19H22F3N5O2. The summed E-state index contributed by atoms with van der Waals surface area (Å²) < 4.78 is 40.4. The Kier molecular flexibility index (Phi) is 6.40. The van der Waals surface area contributed by atoms with Crippen molar-refractivity contribution < 1.29 is 23.1 Å². The van der Waals surface area contributed by atoms with Gasteiger partial charge in [0.2, 0.25) is 0 Å². The molecule has 10 heteroatoms. The molecule has 0 unspecified atom stereocenters. The molecule has 0 radical (unpaired) electrons. The molecule has 2 heterocycles. The van der Waals surface area contributed by atoms with Crippen molar-refractivity contribution in [2.45, 2.75) is 19.8 Å². The van der Waals surface area contributed by atoms with Gasteiger partial charge in [0, 0.05) is 44.4 Å². The van der Waals surface area contributed by atoms with Crippen LogP contribution in [0.4, 0.5) is 35.3 Å². The van der Waals surface area contributed by atoms with Crippen molar-refractivity contribution in [3.05, 3.63) is 42.0 Å². The van der Waals surface area contributed by atoms with Crippen LogP contribution in [-0.4, -0.2) is 52.2 Å². The van der Waals surface area contributed by atoms with E-state index < -0.39 is 23.5 Å². The van der Waals surface area contributed by atoms with Crippen molar-refractivity contribution in [1.29, 1.82) is 0 Å². The van der Waals surface area contributed by atoms with Crippen molar-refractivity contribution in [1.82, 2.24) is 14.9 Å². The topological polar surface area (TPSA) is 81.6 Å². The number of hydrogen-bond acceptors (Lipinski definition) is 5. The summed E-state index contributed by atoms with van der Waals surface area (Å²) in [7, 11) is 0. The number of likely N-dealkylation sites (tertiary alicyclic amines) is 1. The molecule has 3 rings (SSSR count). The maximum absolute atomic E-state index is 13.9. The summed E-state index contributed by atoms with van der Waals surface area (Å²) in [5, 5.41) is 11.7. The van der Waals surface area contributed by atoms with Crippen molar-refractivity contribution >= 4 is 23.4 Å². The first-order valence-electron chi connectivity index (χ1n) is 9.33. The lowest BCUT2D eigenvalue weighted by molar-refractivity contribution is 0.125. The average Bonchev–Trinajstić information content (AvgIpc) is 2.71. The molecule has 29 heavy (non-hydrogen) atoms. The van der Waals surface area contributed by atoms with Gasteiger partial charge in [0.1, 0.15) is 23.8 Å². The molecule has 1 aliphatic rings. The lowest BCUT2D eigenvalue weighted by atomic mass is 9.96. The summed E-state index contributed by atoms with van der Waals surface area (Å²) in [6.07, 6.45) is 1.94. The zero-order valence-electron chi connectivity index (χ0n) is 15.9. The summed E-state index contributed by atoms with van der Waals surface area (Å²) in [5.41, 5.74) is -0.224. The molecule has 2 N–H and O–H groups in total. The number of anilines is 3. The number of benzene rings is 1. The van der Waals surface area contributed by atoms with Gasteiger partial charge in [-0.15, -0.1) is 0 Å². The lowest BCUT2D eigenvalue weighted by Gasteiger charge is -2.33. The van der Waals surface area contributed by atoms with Gasteiger partial charge in [-0.2, -0.15) is 0 Å². The molecular weight excluding hydrogens is 387 g/mol. The number of piperidine rings is 1. The zero-order chi connectivity index (χ0) is 21.0. The molecule has 1 aliphatic heterocycles. The number of amides is 1. The van der Waals surface area contributed by atoms with E-state index in [9.17, 15) is 18.0 Å². The van der Waals surface area contributed by atoms with E-state index in [0.717, 1.165) is 18.9 Å². The number of carbonyl (C=O) groups is 1. The van der Waals surface area contributed by atoms with Crippen molar-refractivity contribution in [2.24, 2.45) is 5.92 Å². The predicted octanol–water partition coefficient (Wildman–Crippen LogP) is 3.85. The van der Waals surface area contributed by atoms with Gasteiger partial charge in [0.25, 0.3) is 0 Å². The van der Waals surface area contributed by atoms with Crippen molar-refractivity contribution in [3.63, 3.8) is 0 Å². The molecule has 1 aromatic carbocycles. The largest absolute Gasteiger partial charge is 0.465 e. The summed E-state index contributed by atoms with van der Waals surface area (Å²) in [6.45, 7) is 4.33. The second kappa shape index (κ2) is 8.97. The first-order valence-corrected chi connectivity index (χ1v) is 9.33. The Morgan fingerprint density at radius 2 is 1.86 bits per heavy atom. The molecule has 1 fully saturated rings. The Balaban J connectivity index is 1.69. The van der Waals surface area contributed by atoms with Gasteiger partial charge < -0.3 is 20.2 Å². The summed E-state index contributed by atoms with van der Waals surface area (Å²) >= 11 is 0. The molecule has 0 bridgehead atoms. The predicted molar refractivity (Wildman–Crippen MR) is 102 cm³/mol. The first kappa shape index (κ1) is 20.7. The maximum Gasteiger partial charge on any atom is 0.407 e. The van der Waals surface area contributed by atoms with E-state index >= 15 is 0 Å². The monoisotopic (exact) mass is 409 g/mol. The van der Waals surface area contributed by atoms with E-state index in [0.29, 0.717) is 44.0 Å². The van der Waals surface area contributed by atoms with E-state index in [1.807, 2.05) is 11.8 Å². The molecule has 0 spiro atoms. The second-order valence-corrected chi connectivity index (χ2v) is 6.88. The summed E-state index contributed by atoms with van der Waals surface area (Å²) in [4.78, 5) is 22.7. The summed E-state index contributed by atoms with van der Waals surface area (Å²) in [5.74, 6) is -2.18. The van der Waals surface area contributed by atoms with Crippen molar-refractivity contribution in [3.8, 4) is 0 Å². The highest BCUT2D eigenvalue weighted by Crippen LogP contribution is 2.25. The molecule has 0 saturated carbocycles. The van der Waals surface area contributed by atoms with Crippen LogP contribution in [0.25, 0.3) is 0 Å².